The highest BCUT2D eigenvalue weighted by Gasteiger charge is 2.33. The summed E-state index contributed by atoms with van der Waals surface area (Å²) in [7, 11) is 1.61. The third-order valence-corrected chi connectivity index (χ3v) is 5.60. The summed E-state index contributed by atoms with van der Waals surface area (Å²) in [5.74, 6) is -0.511. The predicted octanol–water partition coefficient (Wildman–Crippen LogP) is 3.00. The van der Waals surface area contributed by atoms with E-state index in [1.54, 1.807) is 18.2 Å². The van der Waals surface area contributed by atoms with Gasteiger partial charge in [0.2, 0.25) is 0 Å². The SMILES string of the molecule is COc1ccc(-c2ncc(C(=O)N3CCC(C(=O)O)C(C)C3)s2)cc1. The molecule has 0 radical (unpaired) electrons. The van der Waals surface area contributed by atoms with Gasteiger partial charge < -0.3 is 14.7 Å². The molecule has 2 heterocycles. The fourth-order valence-corrected chi connectivity index (χ4v) is 3.98. The summed E-state index contributed by atoms with van der Waals surface area (Å²) < 4.78 is 5.14. The quantitative estimate of drug-likeness (QED) is 0.907. The van der Waals surface area contributed by atoms with Crippen molar-refractivity contribution in [3.8, 4) is 16.3 Å². The lowest BCUT2D eigenvalue weighted by molar-refractivity contribution is -0.145. The molecule has 1 amide bonds. The molecule has 6 nitrogen and oxygen atoms in total. The van der Waals surface area contributed by atoms with Crippen LogP contribution in [0.1, 0.15) is 23.0 Å². The topological polar surface area (TPSA) is 79.7 Å². The minimum atomic E-state index is -0.779. The van der Waals surface area contributed by atoms with Crippen molar-refractivity contribution >= 4 is 23.2 Å². The van der Waals surface area contributed by atoms with Crippen LogP contribution in [0.25, 0.3) is 10.6 Å². The fourth-order valence-electron chi connectivity index (χ4n) is 3.09. The van der Waals surface area contributed by atoms with Crippen molar-refractivity contribution in [2.24, 2.45) is 11.8 Å². The van der Waals surface area contributed by atoms with E-state index in [0.717, 1.165) is 16.3 Å². The number of amides is 1. The molecule has 7 heteroatoms. The van der Waals surface area contributed by atoms with Crippen LogP contribution in [0.15, 0.2) is 30.5 Å². The van der Waals surface area contributed by atoms with Gasteiger partial charge in [-0.2, -0.15) is 0 Å². The number of methoxy groups -OCH3 is 1. The first-order valence-corrected chi connectivity index (χ1v) is 8.93. The van der Waals surface area contributed by atoms with Gasteiger partial charge in [0.15, 0.2) is 0 Å². The molecule has 3 rings (SSSR count). The molecular formula is C18H20N2O4S. The lowest BCUT2D eigenvalue weighted by atomic mass is 9.87. The van der Waals surface area contributed by atoms with Crippen LogP contribution in [0.2, 0.25) is 0 Å². The second-order valence-electron chi connectivity index (χ2n) is 6.22. The summed E-state index contributed by atoms with van der Waals surface area (Å²) in [6, 6.07) is 7.53. The van der Waals surface area contributed by atoms with E-state index in [1.807, 2.05) is 31.2 Å². The molecule has 2 unspecified atom stereocenters. The van der Waals surface area contributed by atoms with Gasteiger partial charge in [-0.3, -0.25) is 9.59 Å². The normalized spacial score (nSPS) is 20.3. The Bertz CT molecular complexity index is 772. The molecule has 1 saturated heterocycles. The highest BCUT2D eigenvalue weighted by atomic mass is 32.1. The number of thiazole rings is 1. The highest BCUT2D eigenvalue weighted by Crippen LogP contribution is 2.29. The first kappa shape index (κ1) is 17.4. The van der Waals surface area contributed by atoms with Crippen molar-refractivity contribution in [3.05, 3.63) is 35.3 Å². The summed E-state index contributed by atoms with van der Waals surface area (Å²) in [5, 5.41) is 9.97. The van der Waals surface area contributed by atoms with Crippen LogP contribution in [-0.4, -0.2) is 47.1 Å². The van der Waals surface area contributed by atoms with Gasteiger partial charge in [0.25, 0.3) is 5.91 Å². The van der Waals surface area contributed by atoms with Crippen LogP contribution >= 0.6 is 11.3 Å². The molecule has 0 aliphatic carbocycles. The Labute approximate surface area is 150 Å². The number of nitrogens with zero attached hydrogens (tertiary/aromatic N) is 2. The van der Waals surface area contributed by atoms with Gasteiger partial charge in [-0.15, -0.1) is 11.3 Å². The Kier molecular flexibility index (Phi) is 5.03. The number of ether oxygens (including phenoxy) is 1. The van der Waals surface area contributed by atoms with E-state index >= 15 is 0 Å². The minimum Gasteiger partial charge on any atom is -0.497 e. The summed E-state index contributed by atoms with van der Waals surface area (Å²) in [4.78, 5) is 30.6. The maximum atomic E-state index is 12.7. The van der Waals surface area contributed by atoms with Crippen molar-refractivity contribution in [1.82, 2.24) is 9.88 Å². The molecule has 1 aromatic heterocycles. The van der Waals surface area contributed by atoms with E-state index in [-0.39, 0.29) is 17.7 Å². The summed E-state index contributed by atoms with van der Waals surface area (Å²) >= 11 is 1.35. The number of carbonyl (C=O) groups is 2. The number of piperidine rings is 1. The third-order valence-electron chi connectivity index (χ3n) is 4.56. The number of benzene rings is 1. The Morgan fingerprint density at radius 3 is 2.64 bits per heavy atom. The van der Waals surface area contributed by atoms with Crippen LogP contribution in [0.4, 0.5) is 0 Å². The monoisotopic (exact) mass is 360 g/mol. The van der Waals surface area contributed by atoms with Crippen LogP contribution in [0.5, 0.6) is 5.75 Å². The smallest absolute Gasteiger partial charge is 0.306 e. The average Bonchev–Trinajstić information content (AvgIpc) is 3.10. The number of likely N-dealkylation sites (tertiary alicyclic amines) is 1. The van der Waals surface area contributed by atoms with Crippen molar-refractivity contribution in [2.45, 2.75) is 13.3 Å². The number of rotatable bonds is 4. The number of carboxylic acids is 1. The van der Waals surface area contributed by atoms with Crippen LogP contribution in [0.3, 0.4) is 0 Å². The Hall–Kier alpha value is -2.41. The number of hydrogen-bond donors (Lipinski definition) is 1. The average molecular weight is 360 g/mol. The van der Waals surface area contributed by atoms with Crippen molar-refractivity contribution in [3.63, 3.8) is 0 Å². The zero-order valence-electron chi connectivity index (χ0n) is 14.1. The standard InChI is InChI=1S/C18H20N2O4S/c1-11-10-20(8-7-14(11)18(22)23)17(21)15-9-19-16(25-15)12-3-5-13(24-2)6-4-12/h3-6,9,11,14H,7-8,10H2,1-2H3,(H,22,23). The second-order valence-corrected chi connectivity index (χ2v) is 7.25. The van der Waals surface area contributed by atoms with Crippen molar-refractivity contribution in [2.75, 3.05) is 20.2 Å². The Morgan fingerprint density at radius 2 is 2.04 bits per heavy atom. The molecule has 25 heavy (non-hydrogen) atoms. The van der Waals surface area contributed by atoms with E-state index < -0.39 is 5.97 Å². The summed E-state index contributed by atoms with van der Waals surface area (Å²) in [6.07, 6.45) is 2.09. The molecule has 132 valence electrons. The van der Waals surface area contributed by atoms with E-state index in [1.165, 1.54) is 11.3 Å². The second kappa shape index (κ2) is 7.23. The number of aromatic nitrogens is 1. The van der Waals surface area contributed by atoms with Crippen LogP contribution in [-0.2, 0) is 4.79 Å². The van der Waals surface area contributed by atoms with E-state index in [0.29, 0.717) is 24.4 Å². The van der Waals surface area contributed by atoms with Gasteiger partial charge in [-0.1, -0.05) is 6.92 Å². The predicted molar refractivity (Wildman–Crippen MR) is 94.9 cm³/mol. The maximum absolute atomic E-state index is 12.7. The van der Waals surface area contributed by atoms with E-state index in [9.17, 15) is 14.7 Å². The highest BCUT2D eigenvalue weighted by molar-refractivity contribution is 7.16. The van der Waals surface area contributed by atoms with Gasteiger partial charge in [-0.05, 0) is 36.6 Å². The zero-order valence-corrected chi connectivity index (χ0v) is 15.0. The zero-order chi connectivity index (χ0) is 18.0. The van der Waals surface area contributed by atoms with Crippen molar-refractivity contribution < 1.29 is 19.4 Å². The van der Waals surface area contributed by atoms with Crippen LogP contribution in [0, 0.1) is 11.8 Å². The molecule has 2 atom stereocenters. The third kappa shape index (κ3) is 3.66. The molecule has 0 spiro atoms. The molecular weight excluding hydrogens is 340 g/mol. The summed E-state index contributed by atoms with van der Waals surface area (Å²) in [5.41, 5.74) is 0.933. The number of carboxylic acid groups (broad SMARTS) is 1. The van der Waals surface area contributed by atoms with Crippen LogP contribution < -0.4 is 4.74 Å². The number of carbonyl (C=O) groups excluding carboxylic acids is 1. The van der Waals surface area contributed by atoms with Gasteiger partial charge in [0.1, 0.15) is 15.6 Å². The molecule has 0 saturated carbocycles. The van der Waals surface area contributed by atoms with Crippen molar-refractivity contribution in [1.29, 1.82) is 0 Å². The molecule has 2 aromatic rings. The first-order chi connectivity index (χ1) is 12.0. The van der Waals surface area contributed by atoms with Gasteiger partial charge in [-0.25, -0.2) is 4.98 Å². The number of hydrogen-bond acceptors (Lipinski definition) is 5. The van der Waals surface area contributed by atoms with Gasteiger partial charge in [0, 0.05) is 18.7 Å². The van der Waals surface area contributed by atoms with Gasteiger partial charge >= 0.3 is 5.97 Å². The van der Waals surface area contributed by atoms with E-state index in [4.69, 9.17) is 4.74 Å². The first-order valence-electron chi connectivity index (χ1n) is 8.12. The lowest BCUT2D eigenvalue weighted by Crippen LogP contribution is -2.44. The van der Waals surface area contributed by atoms with E-state index in [2.05, 4.69) is 4.98 Å². The Morgan fingerprint density at radius 1 is 1.32 bits per heavy atom. The molecule has 1 fully saturated rings. The largest absolute Gasteiger partial charge is 0.497 e. The molecule has 1 aliphatic heterocycles. The lowest BCUT2D eigenvalue weighted by Gasteiger charge is -2.34. The summed E-state index contributed by atoms with van der Waals surface area (Å²) in [6.45, 7) is 2.81. The fraction of sp³-hybridized carbons (Fsp3) is 0.389. The molecule has 1 aliphatic rings. The maximum Gasteiger partial charge on any atom is 0.306 e. The van der Waals surface area contributed by atoms with Gasteiger partial charge in [0.05, 0.1) is 19.2 Å². The molecule has 1 N–H and O–H groups in total. The molecule has 1 aromatic carbocycles. The molecule has 0 bridgehead atoms. The number of aliphatic carboxylic acids is 1. The Balaban J connectivity index is 1.71. The minimum absolute atomic E-state index is 0.0517.